The molecule has 1 atom stereocenters. The minimum Gasteiger partial charge on any atom is -0.497 e. The average Bonchev–Trinajstić information content (AvgIpc) is 3.61. The predicted molar refractivity (Wildman–Crippen MR) is 206 cm³/mol. The average molecular weight is 892 g/mol. The molecule has 0 aliphatic rings. The Labute approximate surface area is 326 Å². The SMILES string of the molecule is COc1ccc(CN(Cc2ccc(OC)cc2)S(=O)(=O)c2c(S(=O)(=O)NC(C)CNC(=O)O)ccc(I)c2-c2nnnn2Cc2ccc(OC)cc2)cc1. The van der Waals surface area contributed by atoms with E-state index >= 15 is 8.42 Å². The van der Waals surface area contributed by atoms with Gasteiger partial charge in [-0.1, -0.05) is 36.4 Å². The lowest BCUT2D eigenvalue weighted by atomic mass is 10.2. The molecule has 16 nitrogen and oxygen atoms in total. The molecule has 4 aromatic carbocycles. The number of halogens is 1. The van der Waals surface area contributed by atoms with Crippen molar-refractivity contribution in [1.29, 1.82) is 0 Å². The number of sulfonamides is 2. The Balaban J connectivity index is 1.72. The number of hydrogen-bond acceptors (Lipinski definition) is 11. The molecule has 0 saturated carbocycles. The molecule has 0 aliphatic carbocycles. The summed E-state index contributed by atoms with van der Waals surface area (Å²) in [6, 6.07) is 22.5. The van der Waals surface area contributed by atoms with Crippen molar-refractivity contribution in [1.82, 2.24) is 34.6 Å². The number of carbonyl (C=O) groups is 1. The summed E-state index contributed by atoms with van der Waals surface area (Å²) < 4.78 is 80.4. The molecule has 19 heteroatoms. The van der Waals surface area contributed by atoms with Gasteiger partial charge >= 0.3 is 6.09 Å². The third-order valence-electron chi connectivity index (χ3n) is 8.16. The minimum atomic E-state index is -4.77. The molecule has 0 saturated heterocycles. The number of nitrogens with zero attached hydrogens (tertiary/aromatic N) is 5. The summed E-state index contributed by atoms with van der Waals surface area (Å²) in [6.07, 6.45) is -1.35. The number of hydrogen-bond donors (Lipinski definition) is 3. The Morgan fingerprint density at radius 2 is 1.31 bits per heavy atom. The normalized spacial score (nSPS) is 12.3. The van der Waals surface area contributed by atoms with Crippen molar-refractivity contribution in [2.45, 2.75) is 42.4 Å². The second-order valence-electron chi connectivity index (χ2n) is 11.9. The van der Waals surface area contributed by atoms with E-state index in [4.69, 9.17) is 19.3 Å². The zero-order valence-corrected chi connectivity index (χ0v) is 33.4. The molecular weight excluding hydrogens is 853 g/mol. The molecular formula is C35H38IN7O9S2. The predicted octanol–water partition coefficient (Wildman–Crippen LogP) is 4.34. The number of rotatable bonds is 17. The Kier molecular flexibility index (Phi) is 13.1. The van der Waals surface area contributed by atoms with Gasteiger partial charge < -0.3 is 24.6 Å². The summed E-state index contributed by atoms with van der Waals surface area (Å²) in [6.45, 7) is 0.952. The summed E-state index contributed by atoms with van der Waals surface area (Å²) in [4.78, 5) is 10.0. The van der Waals surface area contributed by atoms with Crippen LogP contribution in [0.5, 0.6) is 17.2 Å². The fraction of sp³-hybridized carbons (Fsp3) is 0.257. The highest BCUT2D eigenvalue weighted by Crippen LogP contribution is 2.38. The maximum absolute atomic E-state index is 15.4. The zero-order chi connectivity index (χ0) is 39.0. The number of aromatic nitrogens is 4. The zero-order valence-electron chi connectivity index (χ0n) is 29.6. The van der Waals surface area contributed by atoms with E-state index in [1.807, 2.05) is 22.6 Å². The highest BCUT2D eigenvalue weighted by molar-refractivity contribution is 14.1. The van der Waals surface area contributed by atoms with E-state index in [0.29, 0.717) is 31.9 Å². The number of ether oxygens (including phenoxy) is 3. The molecule has 0 radical (unpaired) electrons. The molecule has 1 unspecified atom stereocenters. The number of benzene rings is 4. The molecule has 3 N–H and O–H groups in total. The fourth-order valence-corrected chi connectivity index (χ4v) is 9.97. The smallest absolute Gasteiger partial charge is 0.404 e. The van der Waals surface area contributed by atoms with E-state index in [2.05, 4.69) is 25.6 Å². The number of methoxy groups -OCH3 is 3. The standard InChI is InChI=1S/C35H38IN7O9S2/c1-23(19-37-35(44)45)39-53(46,47)31-18-17-30(36)32(34-38-40-41-43(34)22-26-9-15-29(52-4)16-10-26)33(31)54(48,49)42(20-24-5-11-27(50-2)12-6-24)21-25-7-13-28(51-3)14-8-25/h5-18,23,37,39H,19-22H2,1-4H3,(H,44,45). The van der Waals surface area contributed by atoms with Crippen LogP contribution in [0, 0.1) is 3.57 Å². The van der Waals surface area contributed by atoms with Crippen LogP contribution in [0.3, 0.4) is 0 Å². The first-order valence-electron chi connectivity index (χ1n) is 16.2. The van der Waals surface area contributed by atoms with Gasteiger partial charge in [0.05, 0.1) is 33.4 Å². The second kappa shape index (κ2) is 17.5. The van der Waals surface area contributed by atoms with Gasteiger partial charge in [0.2, 0.25) is 20.0 Å². The van der Waals surface area contributed by atoms with E-state index in [9.17, 15) is 13.2 Å². The number of carboxylic acid groups (broad SMARTS) is 1. The Morgan fingerprint density at radius 3 is 1.80 bits per heavy atom. The number of tetrazole rings is 1. The summed E-state index contributed by atoms with van der Waals surface area (Å²) >= 11 is 1.93. The highest BCUT2D eigenvalue weighted by atomic mass is 127. The van der Waals surface area contributed by atoms with Gasteiger partial charge in [0.25, 0.3) is 0 Å². The van der Waals surface area contributed by atoms with E-state index < -0.39 is 42.0 Å². The lowest BCUT2D eigenvalue weighted by molar-refractivity contribution is 0.193. The van der Waals surface area contributed by atoms with Gasteiger partial charge in [0, 0.05) is 29.2 Å². The molecule has 0 spiro atoms. The quantitative estimate of drug-likeness (QED) is 0.112. The highest BCUT2D eigenvalue weighted by Gasteiger charge is 2.38. The Morgan fingerprint density at radius 1 is 0.815 bits per heavy atom. The fourth-order valence-electron chi connectivity index (χ4n) is 5.44. The van der Waals surface area contributed by atoms with E-state index in [-0.39, 0.29) is 37.6 Å². The summed E-state index contributed by atoms with van der Waals surface area (Å²) in [5.74, 6) is 1.77. The first kappa shape index (κ1) is 40.4. The molecule has 1 amide bonds. The lowest BCUT2D eigenvalue weighted by Crippen LogP contribution is -2.42. The molecule has 0 bridgehead atoms. The first-order chi connectivity index (χ1) is 25.7. The van der Waals surface area contributed by atoms with Crippen molar-refractivity contribution >= 4 is 48.7 Å². The van der Waals surface area contributed by atoms with Crippen LogP contribution in [-0.2, 0) is 39.7 Å². The van der Waals surface area contributed by atoms with Crippen LogP contribution in [0.25, 0.3) is 11.4 Å². The van der Waals surface area contributed by atoms with Crippen molar-refractivity contribution in [2.75, 3.05) is 27.9 Å². The third kappa shape index (κ3) is 9.63. The molecule has 286 valence electrons. The molecule has 0 aliphatic heterocycles. The third-order valence-corrected chi connectivity index (χ3v) is 12.7. The molecule has 0 fully saturated rings. The van der Waals surface area contributed by atoms with Crippen LogP contribution in [-0.4, -0.2) is 86.5 Å². The van der Waals surface area contributed by atoms with Crippen molar-refractivity contribution in [3.63, 3.8) is 0 Å². The largest absolute Gasteiger partial charge is 0.497 e. The number of nitrogens with one attached hydrogen (secondary N) is 2. The Bertz CT molecular complexity index is 2240. The van der Waals surface area contributed by atoms with Crippen LogP contribution < -0.4 is 24.2 Å². The maximum Gasteiger partial charge on any atom is 0.404 e. The lowest BCUT2D eigenvalue weighted by Gasteiger charge is -2.26. The van der Waals surface area contributed by atoms with Gasteiger partial charge in [-0.15, -0.1) is 5.10 Å². The van der Waals surface area contributed by atoms with E-state index in [1.54, 1.807) is 79.9 Å². The van der Waals surface area contributed by atoms with Crippen molar-refractivity contribution in [2.24, 2.45) is 0 Å². The summed E-state index contributed by atoms with van der Waals surface area (Å²) in [7, 11) is -4.83. The van der Waals surface area contributed by atoms with Crippen molar-refractivity contribution in [3.05, 3.63) is 105 Å². The van der Waals surface area contributed by atoms with Crippen LogP contribution in [0.15, 0.2) is 94.7 Å². The second-order valence-corrected chi connectivity index (χ2v) is 16.7. The van der Waals surface area contributed by atoms with Gasteiger partial charge in [0.1, 0.15) is 27.0 Å². The molecule has 5 aromatic rings. The van der Waals surface area contributed by atoms with Gasteiger partial charge in [-0.3, -0.25) is 0 Å². The Hall–Kier alpha value is -4.83. The van der Waals surface area contributed by atoms with Gasteiger partial charge in [0.15, 0.2) is 5.82 Å². The van der Waals surface area contributed by atoms with Gasteiger partial charge in [-0.05, 0) is 105 Å². The molecule has 1 heterocycles. The molecule has 1 aromatic heterocycles. The van der Waals surface area contributed by atoms with Crippen LogP contribution >= 0.6 is 22.6 Å². The van der Waals surface area contributed by atoms with Crippen LogP contribution in [0.2, 0.25) is 0 Å². The number of amides is 1. The van der Waals surface area contributed by atoms with Gasteiger partial charge in [-0.2, -0.15) is 4.31 Å². The van der Waals surface area contributed by atoms with Crippen LogP contribution in [0.4, 0.5) is 4.79 Å². The maximum atomic E-state index is 15.4. The van der Waals surface area contributed by atoms with Crippen molar-refractivity contribution in [3.8, 4) is 28.6 Å². The summed E-state index contributed by atoms with van der Waals surface area (Å²) in [5, 5.41) is 23.5. The first-order valence-corrected chi connectivity index (χ1v) is 20.2. The van der Waals surface area contributed by atoms with Crippen LogP contribution in [0.1, 0.15) is 23.6 Å². The van der Waals surface area contributed by atoms with Gasteiger partial charge in [-0.25, -0.2) is 31.0 Å². The monoisotopic (exact) mass is 891 g/mol. The van der Waals surface area contributed by atoms with E-state index in [1.165, 1.54) is 42.3 Å². The minimum absolute atomic E-state index is 0.000260. The topological polar surface area (TPSA) is 204 Å². The molecule has 5 rings (SSSR count). The molecule has 54 heavy (non-hydrogen) atoms. The van der Waals surface area contributed by atoms with Crippen molar-refractivity contribution < 1.29 is 40.9 Å². The summed E-state index contributed by atoms with van der Waals surface area (Å²) in [5.41, 5.74) is 1.91. The van der Waals surface area contributed by atoms with E-state index in [0.717, 1.165) is 5.56 Å².